The van der Waals surface area contributed by atoms with Crippen LogP contribution in [0.2, 0.25) is 0 Å². The maximum atomic E-state index is 10.2. The molecule has 0 fully saturated rings. The number of ether oxygens (including phenoxy) is 1. The zero-order valence-electron chi connectivity index (χ0n) is 13.6. The van der Waals surface area contributed by atoms with Crippen molar-refractivity contribution >= 4 is 16.8 Å². The predicted octanol–water partition coefficient (Wildman–Crippen LogP) is 4.69. The molecule has 2 aromatic rings. The summed E-state index contributed by atoms with van der Waals surface area (Å²) in [5, 5.41) is 12.6. The molecule has 114 valence electrons. The van der Waals surface area contributed by atoms with E-state index < -0.39 is 11.2 Å². The third-order valence-electron chi connectivity index (χ3n) is 4.08. The van der Waals surface area contributed by atoms with Crippen molar-refractivity contribution in [1.82, 2.24) is 0 Å². The van der Waals surface area contributed by atoms with Gasteiger partial charge in [-0.2, -0.15) is 0 Å². The molecule has 0 atom stereocenters. The fourth-order valence-corrected chi connectivity index (χ4v) is 2.74. The second-order valence-corrected chi connectivity index (χ2v) is 6.85. The lowest BCUT2D eigenvalue weighted by molar-refractivity contribution is -0.00103. The summed E-state index contributed by atoms with van der Waals surface area (Å²) in [6.45, 7) is 7.55. The van der Waals surface area contributed by atoms with E-state index in [1.807, 2.05) is 26.0 Å². The first-order chi connectivity index (χ1) is 10.3. The Morgan fingerprint density at radius 1 is 1.05 bits per heavy atom. The van der Waals surface area contributed by atoms with Crippen LogP contribution in [-0.4, -0.2) is 16.3 Å². The van der Waals surface area contributed by atoms with Gasteiger partial charge in [-0.05, 0) is 61.8 Å². The van der Waals surface area contributed by atoms with Gasteiger partial charge in [-0.25, -0.2) is 0 Å². The summed E-state index contributed by atoms with van der Waals surface area (Å²) in [6, 6.07) is 14.6. The first kappa shape index (κ1) is 14.9. The minimum atomic E-state index is -0.967. The zero-order valence-corrected chi connectivity index (χ0v) is 13.6. The largest absolute Gasteiger partial charge is 0.484 e. The SMILES string of the molecule is CC(C)(O)C1=C/C(=C\c2cccc3ccccc23)C(C)(C)O1. The quantitative estimate of drug-likeness (QED) is 0.871. The van der Waals surface area contributed by atoms with Crippen molar-refractivity contribution in [3.63, 3.8) is 0 Å². The Morgan fingerprint density at radius 3 is 2.41 bits per heavy atom. The topological polar surface area (TPSA) is 29.5 Å². The van der Waals surface area contributed by atoms with Crippen molar-refractivity contribution in [1.29, 1.82) is 0 Å². The standard InChI is InChI=1S/C20H22O2/c1-19(2,21)18-13-16(20(3,4)22-18)12-15-10-7-9-14-8-5-6-11-17(14)15/h5-13,21H,1-4H3/b16-12+. The van der Waals surface area contributed by atoms with Gasteiger partial charge in [-0.1, -0.05) is 42.5 Å². The van der Waals surface area contributed by atoms with Gasteiger partial charge in [0.1, 0.15) is 17.0 Å². The van der Waals surface area contributed by atoms with E-state index in [-0.39, 0.29) is 0 Å². The number of hydrogen-bond donors (Lipinski definition) is 1. The summed E-state index contributed by atoms with van der Waals surface area (Å²) >= 11 is 0. The van der Waals surface area contributed by atoms with Gasteiger partial charge in [0.2, 0.25) is 0 Å². The summed E-state index contributed by atoms with van der Waals surface area (Å²) in [5.74, 6) is 0.615. The smallest absolute Gasteiger partial charge is 0.129 e. The lowest BCUT2D eigenvalue weighted by atomic mass is 9.94. The Balaban J connectivity index is 2.12. The first-order valence-electron chi connectivity index (χ1n) is 7.61. The van der Waals surface area contributed by atoms with Gasteiger partial charge in [0.05, 0.1) is 0 Å². The van der Waals surface area contributed by atoms with Gasteiger partial charge in [0, 0.05) is 0 Å². The van der Waals surface area contributed by atoms with Gasteiger partial charge in [0.25, 0.3) is 0 Å². The van der Waals surface area contributed by atoms with Crippen molar-refractivity contribution in [3.05, 3.63) is 65.4 Å². The van der Waals surface area contributed by atoms with Gasteiger partial charge >= 0.3 is 0 Å². The van der Waals surface area contributed by atoms with Crippen LogP contribution in [-0.2, 0) is 4.74 Å². The average molecular weight is 294 g/mol. The normalized spacial score (nSPS) is 19.3. The van der Waals surface area contributed by atoms with Gasteiger partial charge in [0.15, 0.2) is 0 Å². The molecule has 2 aromatic carbocycles. The number of benzene rings is 2. The molecule has 22 heavy (non-hydrogen) atoms. The maximum Gasteiger partial charge on any atom is 0.129 e. The summed E-state index contributed by atoms with van der Waals surface area (Å²) in [7, 11) is 0. The predicted molar refractivity (Wildman–Crippen MR) is 91.5 cm³/mol. The highest BCUT2D eigenvalue weighted by molar-refractivity contribution is 5.91. The molecule has 0 aliphatic carbocycles. The molecule has 0 saturated heterocycles. The van der Waals surface area contributed by atoms with Crippen molar-refractivity contribution in [2.45, 2.75) is 38.9 Å². The van der Waals surface area contributed by atoms with Crippen LogP contribution in [0.4, 0.5) is 0 Å². The number of hydrogen-bond acceptors (Lipinski definition) is 2. The molecule has 1 N–H and O–H groups in total. The van der Waals surface area contributed by atoms with Gasteiger partial charge < -0.3 is 9.84 Å². The minimum absolute atomic E-state index is 0.438. The molecule has 0 amide bonds. The van der Waals surface area contributed by atoms with E-state index in [2.05, 4.69) is 42.5 Å². The molecule has 2 heteroatoms. The van der Waals surface area contributed by atoms with Crippen LogP contribution in [0.5, 0.6) is 0 Å². The lowest BCUT2D eigenvalue weighted by Gasteiger charge is -2.26. The number of rotatable bonds is 2. The summed E-state index contributed by atoms with van der Waals surface area (Å²) in [6.07, 6.45) is 4.11. The minimum Gasteiger partial charge on any atom is -0.484 e. The van der Waals surface area contributed by atoms with Crippen LogP contribution in [0.1, 0.15) is 33.3 Å². The molecule has 0 bridgehead atoms. The third kappa shape index (κ3) is 2.67. The number of aliphatic hydroxyl groups is 1. The van der Waals surface area contributed by atoms with E-state index in [0.29, 0.717) is 5.76 Å². The van der Waals surface area contributed by atoms with Crippen molar-refractivity contribution in [2.75, 3.05) is 0 Å². The molecule has 1 aliphatic rings. The monoisotopic (exact) mass is 294 g/mol. The second-order valence-electron chi connectivity index (χ2n) is 6.85. The molecule has 1 aliphatic heterocycles. The molecule has 0 aromatic heterocycles. The third-order valence-corrected chi connectivity index (χ3v) is 4.08. The highest BCUT2D eigenvalue weighted by atomic mass is 16.5. The fourth-order valence-electron chi connectivity index (χ4n) is 2.74. The number of fused-ring (bicyclic) bond motifs is 1. The molecule has 3 rings (SSSR count). The Kier molecular flexibility index (Phi) is 3.37. The Bertz CT molecular complexity index is 768. The van der Waals surface area contributed by atoms with Crippen LogP contribution >= 0.6 is 0 Å². The van der Waals surface area contributed by atoms with Crippen molar-refractivity contribution in [2.24, 2.45) is 0 Å². The zero-order chi connectivity index (χ0) is 16.0. The average Bonchev–Trinajstić information content (AvgIpc) is 2.75. The van der Waals surface area contributed by atoms with Crippen LogP contribution in [0, 0.1) is 0 Å². The van der Waals surface area contributed by atoms with E-state index in [0.717, 1.165) is 11.1 Å². The van der Waals surface area contributed by atoms with E-state index in [1.165, 1.54) is 10.8 Å². The summed E-state index contributed by atoms with van der Waals surface area (Å²) in [5.41, 5.74) is 0.830. The van der Waals surface area contributed by atoms with Crippen LogP contribution in [0.3, 0.4) is 0 Å². The molecular weight excluding hydrogens is 272 g/mol. The molecule has 0 radical (unpaired) electrons. The van der Waals surface area contributed by atoms with Crippen molar-refractivity contribution < 1.29 is 9.84 Å². The van der Waals surface area contributed by atoms with E-state index >= 15 is 0 Å². The first-order valence-corrected chi connectivity index (χ1v) is 7.61. The molecule has 2 nitrogen and oxygen atoms in total. The van der Waals surface area contributed by atoms with Crippen LogP contribution in [0.25, 0.3) is 16.8 Å². The fraction of sp³-hybridized carbons (Fsp3) is 0.300. The van der Waals surface area contributed by atoms with Crippen LogP contribution < -0.4 is 0 Å². The van der Waals surface area contributed by atoms with Crippen LogP contribution in [0.15, 0.2) is 59.9 Å². The highest BCUT2D eigenvalue weighted by Gasteiger charge is 2.37. The van der Waals surface area contributed by atoms with Gasteiger partial charge in [-0.3, -0.25) is 0 Å². The second kappa shape index (κ2) is 4.99. The summed E-state index contributed by atoms with van der Waals surface area (Å²) < 4.78 is 5.95. The summed E-state index contributed by atoms with van der Waals surface area (Å²) in [4.78, 5) is 0. The van der Waals surface area contributed by atoms with E-state index in [9.17, 15) is 5.11 Å². The Morgan fingerprint density at radius 2 is 1.73 bits per heavy atom. The Hall–Kier alpha value is -2.06. The molecule has 0 unspecified atom stereocenters. The molecule has 0 spiro atoms. The molecule has 1 heterocycles. The molecule has 0 saturated carbocycles. The van der Waals surface area contributed by atoms with E-state index in [1.54, 1.807) is 13.8 Å². The van der Waals surface area contributed by atoms with E-state index in [4.69, 9.17) is 4.74 Å². The molecular formula is C20H22O2. The maximum absolute atomic E-state index is 10.2. The van der Waals surface area contributed by atoms with Crippen molar-refractivity contribution in [3.8, 4) is 0 Å². The Labute approximate surface area is 131 Å². The highest BCUT2D eigenvalue weighted by Crippen LogP contribution is 2.38. The van der Waals surface area contributed by atoms with Gasteiger partial charge in [-0.15, -0.1) is 0 Å². The lowest BCUT2D eigenvalue weighted by Crippen LogP contribution is -2.27.